The van der Waals surface area contributed by atoms with Crippen molar-refractivity contribution in [1.82, 2.24) is 4.57 Å². The number of nitro groups is 1. The number of hydrogen-bond acceptors (Lipinski definition) is 3. The van der Waals surface area contributed by atoms with Gasteiger partial charge in [-0.15, -0.1) is 0 Å². The minimum Gasteiger partial charge on any atom is -0.347 e. The molecule has 1 aromatic heterocycles. The van der Waals surface area contributed by atoms with Crippen molar-refractivity contribution in [3.8, 4) is 6.07 Å². The summed E-state index contributed by atoms with van der Waals surface area (Å²) in [6.45, 7) is 1.70. The Morgan fingerprint density at radius 1 is 1.32 bits per heavy atom. The van der Waals surface area contributed by atoms with Crippen molar-refractivity contribution < 1.29 is 4.92 Å². The molecule has 1 atom stereocenters. The molecule has 2 rings (SSSR count). The number of nitriles is 1. The Morgan fingerprint density at radius 3 is 2.47 bits per heavy atom. The fraction of sp³-hybridized carbons (Fsp3) is 0.214. The highest BCUT2D eigenvalue weighted by Crippen LogP contribution is 2.37. The Labute approximate surface area is 110 Å². The molecule has 96 valence electrons. The fourth-order valence-electron chi connectivity index (χ4n) is 2.30. The molecule has 0 N–H and O–H groups in total. The highest BCUT2D eigenvalue weighted by molar-refractivity contribution is 5.52. The first-order valence-electron chi connectivity index (χ1n) is 5.77. The summed E-state index contributed by atoms with van der Waals surface area (Å²) in [6, 6.07) is 12.7. The summed E-state index contributed by atoms with van der Waals surface area (Å²) in [4.78, 5) is 10.7. The molecule has 0 bridgehead atoms. The lowest BCUT2D eigenvalue weighted by Gasteiger charge is -2.22. The zero-order valence-electron chi connectivity index (χ0n) is 10.7. The monoisotopic (exact) mass is 255 g/mol. The van der Waals surface area contributed by atoms with Gasteiger partial charge in [0.25, 0.3) is 5.69 Å². The van der Waals surface area contributed by atoms with Crippen molar-refractivity contribution in [2.24, 2.45) is 7.05 Å². The number of rotatable bonds is 3. The maximum absolute atomic E-state index is 11.1. The van der Waals surface area contributed by atoms with Crippen LogP contribution in [0.1, 0.15) is 18.2 Å². The summed E-state index contributed by atoms with van der Waals surface area (Å²) in [5.74, 6) is 0. The van der Waals surface area contributed by atoms with E-state index in [-0.39, 0.29) is 5.69 Å². The summed E-state index contributed by atoms with van der Waals surface area (Å²) >= 11 is 0. The average Bonchev–Trinajstić information content (AvgIpc) is 2.81. The van der Waals surface area contributed by atoms with Gasteiger partial charge < -0.3 is 4.57 Å². The van der Waals surface area contributed by atoms with Gasteiger partial charge in [0.1, 0.15) is 11.1 Å². The molecule has 0 aliphatic heterocycles. The molecule has 1 aromatic carbocycles. The van der Waals surface area contributed by atoms with E-state index in [1.165, 1.54) is 6.07 Å². The number of hydrogen-bond donors (Lipinski definition) is 0. The normalized spacial score (nSPS) is 13.5. The number of aromatic nitrogens is 1. The summed E-state index contributed by atoms with van der Waals surface area (Å²) in [5, 5.41) is 20.7. The van der Waals surface area contributed by atoms with Crippen LogP contribution in [0.5, 0.6) is 0 Å². The lowest BCUT2D eigenvalue weighted by molar-refractivity contribution is -0.385. The fourth-order valence-corrected chi connectivity index (χ4v) is 2.30. The summed E-state index contributed by atoms with van der Waals surface area (Å²) in [5.41, 5.74) is 0.0473. The Balaban J connectivity index is 2.71. The lowest BCUT2D eigenvalue weighted by atomic mass is 9.80. The standard InChI is InChI=1S/C14H13N3O2/c1-14(10-15,11-6-4-3-5-7-11)13-12(17(18)19)8-9-16(13)2/h3-9H,1-2H3. The van der Waals surface area contributed by atoms with Gasteiger partial charge in [-0.2, -0.15) is 5.26 Å². The second-order valence-electron chi connectivity index (χ2n) is 4.52. The molecule has 0 amide bonds. The van der Waals surface area contributed by atoms with E-state index < -0.39 is 10.3 Å². The maximum atomic E-state index is 11.1. The third-order valence-electron chi connectivity index (χ3n) is 3.30. The van der Waals surface area contributed by atoms with E-state index in [0.29, 0.717) is 5.69 Å². The minimum absolute atomic E-state index is 0.0320. The van der Waals surface area contributed by atoms with Gasteiger partial charge in [-0.3, -0.25) is 10.1 Å². The van der Waals surface area contributed by atoms with Crippen molar-refractivity contribution in [2.45, 2.75) is 12.3 Å². The van der Waals surface area contributed by atoms with Gasteiger partial charge in [0.05, 0.1) is 11.0 Å². The van der Waals surface area contributed by atoms with Crippen LogP contribution in [0.2, 0.25) is 0 Å². The molecule has 0 saturated heterocycles. The van der Waals surface area contributed by atoms with Gasteiger partial charge in [0.15, 0.2) is 0 Å². The van der Waals surface area contributed by atoms with Crippen LogP contribution in [0.15, 0.2) is 42.6 Å². The third kappa shape index (κ3) is 1.97. The topological polar surface area (TPSA) is 71.9 Å². The molecular formula is C14H13N3O2. The molecule has 1 heterocycles. The van der Waals surface area contributed by atoms with Gasteiger partial charge in [-0.05, 0) is 12.5 Å². The Morgan fingerprint density at radius 2 is 1.95 bits per heavy atom. The quantitative estimate of drug-likeness (QED) is 0.625. The van der Waals surface area contributed by atoms with Crippen LogP contribution in [0, 0.1) is 21.4 Å². The third-order valence-corrected chi connectivity index (χ3v) is 3.30. The van der Waals surface area contributed by atoms with Gasteiger partial charge in [-0.1, -0.05) is 30.3 Å². The first kappa shape index (κ1) is 12.8. The molecule has 0 spiro atoms. The highest BCUT2D eigenvalue weighted by atomic mass is 16.6. The van der Waals surface area contributed by atoms with Crippen molar-refractivity contribution in [1.29, 1.82) is 5.26 Å². The van der Waals surface area contributed by atoms with Crippen LogP contribution in [-0.2, 0) is 12.5 Å². The van der Waals surface area contributed by atoms with E-state index >= 15 is 0 Å². The van der Waals surface area contributed by atoms with Crippen molar-refractivity contribution in [2.75, 3.05) is 0 Å². The number of aryl methyl sites for hydroxylation is 1. The minimum atomic E-state index is -1.05. The molecule has 5 nitrogen and oxygen atoms in total. The van der Waals surface area contributed by atoms with Gasteiger partial charge in [-0.25, -0.2) is 0 Å². The largest absolute Gasteiger partial charge is 0.347 e. The lowest BCUT2D eigenvalue weighted by Crippen LogP contribution is -2.25. The van der Waals surface area contributed by atoms with Gasteiger partial charge in [0, 0.05) is 19.3 Å². The molecule has 0 fully saturated rings. The van der Waals surface area contributed by atoms with E-state index in [2.05, 4.69) is 6.07 Å². The van der Waals surface area contributed by atoms with E-state index in [9.17, 15) is 15.4 Å². The predicted molar refractivity (Wildman–Crippen MR) is 70.6 cm³/mol. The van der Waals surface area contributed by atoms with Crippen LogP contribution in [0.3, 0.4) is 0 Å². The molecule has 0 aliphatic carbocycles. The number of nitrogens with zero attached hydrogens (tertiary/aromatic N) is 3. The smallest absolute Gasteiger partial charge is 0.292 e. The van der Waals surface area contributed by atoms with Crippen LogP contribution < -0.4 is 0 Å². The summed E-state index contributed by atoms with van der Waals surface area (Å²) < 4.78 is 1.63. The van der Waals surface area contributed by atoms with Crippen LogP contribution in [-0.4, -0.2) is 9.49 Å². The van der Waals surface area contributed by atoms with E-state index in [1.807, 2.05) is 18.2 Å². The van der Waals surface area contributed by atoms with Crippen molar-refractivity contribution in [3.63, 3.8) is 0 Å². The highest BCUT2D eigenvalue weighted by Gasteiger charge is 2.38. The molecule has 2 aromatic rings. The molecule has 19 heavy (non-hydrogen) atoms. The SMILES string of the molecule is Cn1ccc([N+](=O)[O-])c1C(C)(C#N)c1ccccc1. The van der Waals surface area contributed by atoms with Crippen LogP contribution >= 0.6 is 0 Å². The first-order chi connectivity index (χ1) is 9.00. The zero-order chi connectivity index (χ0) is 14.0. The Bertz CT molecular complexity index is 655. The van der Waals surface area contributed by atoms with E-state index in [1.54, 1.807) is 36.9 Å². The molecule has 1 unspecified atom stereocenters. The Hall–Kier alpha value is -2.61. The predicted octanol–water partition coefficient (Wildman–Crippen LogP) is 2.76. The molecule has 0 saturated carbocycles. The summed E-state index contributed by atoms with van der Waals surface area (Å²) in [6.07, 6.45) is 1.60. The summed E-state index contributed by atoms with van der Waals surface area (Å²) in [7, 11) is 1.71. The molecule has 5 heteroatoms. The van der Waals surface area contributed by atoms with Crippen LogP contribution in [0.4, 0.5) is 5.69 Å². The maximum Gasteiger partial charge on any atom is 0.292 e. The van der Waals surface area contributed by atoms with Gasteiger partial charge in [0.2, 0.25) is 0 Å². The van der Waals surface area contributed by atoms with Gasteiger partial charge >= 0.3 is 0 Å². The molecular weight excluding hydrogens is 242 g/mol. The van der Waals surface area contributed by atoms with E-state index in [0.717, 1.165) is 5.56 Å². The van der Waals surface area contributed by atoms with E-state index in [4.69, 9.17) is 0 Å². The second kappa shape index (κ2) is 4.58. The first-order valence-corrected chi connectivity index (χ1v) is 5.77. The molecule has 0 aliphatic rings. The Kier molecular flexibility index (Phi) is 3.09. The van der Waals surface area contributed by atoms with Crippen molar-refractivity contribution >= 4 is 5.69 Å². The second-order valence-corrected chi connectivity index (χ2v) is 4.52. The van der Waals surface area contributed by atoms with Crippen molar-refractivity contribution in [3.05, 3.63) is 64.0 Å². The average molecular weight is 255 g/mol. The van der Waals surface area contributed by atoms with Crippen LogP contribution in [0.25, 0.3) is 0 Å². The molecule has 0 radical (unpaired) electrons. The number of benzene rings is 1. The zero-order valence-corrected chi connectivity index (χ0v) is 10.7.